The summed E-state index contributed by atoms with van der Waals surface area (Å²) in [5.74, 6) is -1.36. The third kappa shape index (κ3) is 4.05. The summed E-state index contributed by atoms with van der Waals surface area (Å²) in [6.45, 7) is 0.847. The number of halogens is 4. The van der Waals surface area contributed by atoms with Crippen LogP contribution < -0.4 is 10.4 Å². The average molecular weight is 399 g/mol. The summed E-state index contributed by atoms with van der Waals surface area (Å²) in [5, 5.41) is 3.45. The maximum Gasteiger partial charge on any atom is 0.451 e. The third-order valence-corrected chi connectivity index (χ3v) is 5.43. The van der Waals surface area contributed by atoms with Crippen molar-refractivity contribution >= 4 is 21.6 Å². The molecule has 0 atom stereocenters. The molecule has 0 saturated carbocycles. The van der Waals surface area contributed by atoms with E-state index in [0.29, 0.717) is 14.8 Å². The van der Waals surface area contributed by atoms with E-state index in [1.165, 1.54) is 25.1 Å². The first-order chi connectivity index (χ1) is 11.4. The Morgan fingerprint density at radius 2 is 1.96 bits per heavy atom. The third-order valence-electron chi connectivity index (χ3n) is 3.42. The number of hydrogen-bond acceptors (Lipinski definition) is 4. The largest absolute Gasteiger partial charge is 0.451 e. The fraction of sp³-hybridized carbons (Fsp3) is 0.385. The Balaban J connectivity index is 2.16. The molecule has 0 radical (unpaired) electrons. The van der Waals surface area contributed by atoms with Gasteiger partial charge in [0.2, 0.25) is 15.8 Å². The van der Waals surface area contributed by atoms with Crippen molar-refractivity contribution in [3.63, 3.8) is 0 Å². The number of sulfonamides is 1. The summed E-state index contributed by atoms with van der Waals surface area (Å²) in [7, 11) is -3.00. The van der Waals surface area contributed by atoms with Crippen molar-refractivity contribution in [2.24, 2.45) is 7.05 Å². The smallest absolute Gasteiger partial charge is 0.274 e. The van der Waals surface area contributed by atoms with E-state index < -0.39 is 27.7 Å². The van der Waals surface area contributed by atoms with E-state index in [1.54, 1.807) is 0 Å². The van der Waals surface area contributed by atoms with E-state index in [1.807, 2.05) is 0 Å². The van der Waals surface area contributed by atoms with Crippen LogP contribution in [0.3, 0.4) is 0 Å². The Labute approximate surface area is 146 Å². The van der Waals surface area contributed by atoms with Crippen LogP contribution in [-0.2, 0) is 29.8 Å². The molecule has 138 valence electrons. The number of nitrogens with one attached hydrogen (secondary N) is 1. The average Bonchev–Trinajstić information content (AvgIpc) is 2.78. The summed E-state index contributed by atoms with van der Waals surface area (Å²) in [5.41, 5.74) is -0.656. The maximum atomic E-state index is 12.7. The molecule has 0 bridgehead atoms. The highest BCUT2D eigenvalue weighted by Gasteiger charge is 2.37. The first-order valence-corrected chi connectivity index (χ1v) is 8.77. The first kappa shape index (κ1) is 19.5. The number of benzene rings is 1. The zero-order valence-corrected chi connectivity index (χ0v) is 14.7. The van der Waals surface area contributed by atoms with E-state index in [9.17, 15) is 26.4 Å². The van der Waals surface area contributed by atoms with Gasteiger partial charge >= 0.3 is 11.9 Å². The number of aromatic nitrogens is 3. The quantitative estimate of drug-likeness (QED) is 0.827. The molecular formula is C13H14ClF3N4O3S. The lowest BCUT2D eigenvalue weighted by atomic mass is 10.2. The molecule has 0 fully saturated rings. The molecule has 1 aromatic carbocycles. The van der Waals surface area contributed by atoms with Crippen molar-refractivity contribution in [2.45, 2.75) is 24.5 Å². The monoisotopic (exact) mass is 398 g/mol. The molecule has 25 heavy (non-hydrogen) atoms. The second-order valence-corrected chi connectivity index (χ2v) is 7.29. The minimum Gasteiger partial charge on any atom is -0.274 e. The molecule has 0 spiro atoms. The lowest BCUT2D eigenvalue weighted by molar-refractivity contribution is -0.147. The number of hydrogen-bond donors (Lipinski definition) is 1. The molecule has 1 aromatic heterocycles. The Bertz CT molecular complexity index is 950. The topological polar surface area (TPSA) is 86.0 Å². The predicted molar refractivity (Wildman–Crippen MR) is 83.8 cm³/mol. The Kier molecular flexibility index (Phi) is 5.30. The van der Waals surface area contributed by atoms with Crippen molar-refractivity contribution in [3.05, 3.63) is 45.1 Å². The molecule has 7 nitrogen and oxygen atoms in total. The molecule has 2 rings (SSSR count). The zero-order valence-electron chi connectivity index (χ0n) is 13.1. The van der Waals surface area contributed by atoms with Gasteiger partial charge in [0.15, 0.2) is 0 Å². The highest BCUT2D eigenvalue weighted by Crippen LogP contribution is 2.26. The van der Waals surface area contributed by atoms with E-state index >= 15 is 0 Å². The molecular weight excluding hydrogens is 385 g/mol. The Morgan fingerprint density at radius 3 is 2.52 bits per heavy atom. The van der Waals surface area contributed by atoms with Crippen LogP contribution in [0.15, 0.2) is 27.9 Å². The molecule has 0 aliphatic rings. The van der Waals surface area contributed by atoms with Gasteiger partial charge in [0.25, 0.3) is 0 Å². The second-order valence-electron chi connectivity index (χ2n) is 5.15. The maximum absolute atomic E-state index is 12.7. The normalized spacial score (nSPS) is 12.6. The molecule has 0 amide bonds. The Morgan fingerprint density at radius 1 is 1.32 bits per heavy atom. The summed E-state index contributed by atoms with van der Waals surface area (Å²) in [4.78, 5) is 11.7. The van der Waals surface area contributed by atoms with Crippen LogP contribution in [0.25, 0.3) is 0 Å². The summed E-state index contributed by atoms with van der Waals surface area (Å²) in [6, 6.07) is 4.34. The fourth-order valence-corrected chi connectivity index (χ4v) is 3.64. The van der Waals surface area contributed by atoms with Crippen molar-refractivity contribution in [3.8, 4) is 0 Å². The van der Waals surface area contributed by atoms with E-state index in [0.717, 1.165) is 7.05 Å². The summed E-state index contributed by atoms with van der Waals surface area (Å²) < 4.78 is 65.7. The lowest BCUT2D eigenvalue weighted by Crippen LogP contribution is -2.32. The lowest BCUT2D eigenvalue weighted by Gasteiger charge is -2.10. The van der Waals surface area contributed by atoms with Gasteiger partial charge in [0.1, 0.15) is 0 Å². The van der Waals surface area contributed by atoms with Crippen LogP contribution in [0.5, 0.6) is 0 Å². The molecule has 1 heterocycles. The van der Waals surface area contributed by atoms with Crippen LogP contribution in [0.2, 0.25) is 5.02 Å². The van der Waals surface area contributed by atoms with Crippen LogP contribution in [0, 0.1) is 6.92 Å². The molecule has 0 aliphatic heterocycles. The zero-order chi connectivity index (χ0) is 19.0. The predicted octanol–water partition coefficient (Wildman–Crippen LogP) is 1.54. The standard InChI is InChI=1S/C13H14ClF3N4O3S/c1-8-9(14)4-3-5-10(8)25(23,24)18-6-7-21-12(22)20(2)11(19-21)13(15,16)17/h3-5,18H,6-7H2,1-2H3. The number of rotatable bonds is 5. The van der Waals surface area contributed by atoms with Gasteiger partial charge in [-0.3, -0.25) is 4.57 Å². The Hall–Kier alpha value is -1.85. The van der Waals surface area contributed by atoms with Crippen LogP contribution in [0.1, 0.15) is 11.4 Å². The van der Waals surface area contributed by atoms with Crippen molar-refractivity contribution in [2.75, 3.05) is 6.54 Å². The molecule has 0 aliphatic carbocycles. The molecule has 0 unspecified atom stereocenters. The van der Waals surface area contributed by atoms with Gasteiger partial charge in [-0.2, -0.15) is 13.2 Å². The van der Waals surface area contributed by atoms with Gasteiger partial charge in [-0.25, -0.2) is 22.6 Å². The highest BCUT2D eigenvalue weighted by molar-refractivity contribution is 7.89. The fourth-order valence-electron chi connectivity index (χ4n) is 2.12. The summed E-state index contributed by atoms with van der Waals surface area (Å²) >= 11 is 5.88. The minimum absolute atomic E-state index is 0.0515. The van der Waals surface area contributed by atoms with Gasteiger partial charge in [-0.05, 0) is 24.6 Å². The van der Waals surface area contributed by atoms with E-state index in [-0.39, 0.29) is 23.0 Å². The van der Waals surface area contributed by atoms with Gasteiger partial charge < -0.3 is 0 Å². The highest BCUT2D eigenvalue weighted by atomic mass is 35.5. The first-order valence-electron chi connectivity index (χ1n) is 6.91. The van der Waals surface area contributed by atoms with Gasteiger partial charge in [0.05, 0.1) is 11.4 Å². The van der Waals surface area contributed by atoms with Crippen molar-refractivity contribution in [1.29, 1.82) is 0 Å². The van der Waals surface area contributed by atoms with Crippen LogP contribution >= 0.6 is 11.6 Å². The SMILES string of the molecule is Cc1c(Cl)cccc1S(=O)(=O)NCCn1nc(C(F)(F)F)n(C)c1=O. The van der Waals surface area contributed by atoms with Crippen LogP contribution in [0.4, 0.5) is 13.2 Å². The number of alkyl halides is 3. The second kappa shape index (κ2) is 6.81. The van der Waals surface area contributed by atoms with Gasteiger partial charge in [0, 0.05) is 18.6 Å². The van der Waals surface area contributed by atoms with Crippen molar-refractivity contribution < 1.29 is 21.6 Å². The van der Waals surface area contributed by atoms with E-state index in [4.69, 9.17) is 11.6 Å². The minimum atomic E-state index is -4.78. The number of nitrogens with zero attached hydrogens (tertiary/aromatic N) is 3. The molecule has 2 aromatic rings. The van der Waals surface area contributed by atoms with Gasteiger partial charge in [-0.1, -0.05) is 17.7 Å². The molecule has 1 N–H and O–H groups in total. The van der Waals surface area contributed by atoms with Gasteiger partial charge in [-0.15, -0.1) is 5.10 Å². The summed E-state index contributed by atoms with van der Waals surface area (Å²) in [6.07, 6.45) is -4.78. The molecule has 0 saturated heterocycles. The van der Waals surface area contributed by atoms with Crippen LogP contribution in [-0.4, -0.2) is 29.3 Å². The molecule has 12 heteroatoms. The van der Waals surface area contributed by atoms with E-state index in [2.05, 4.69) is 9.82 Å². The van der Waals surface area contributed by atoms with Crippen molar-refractivity contribution in [1.82, 2.24) is 19.1 Å².